The third-order valence-electron chi connectivity index (χ3n) is 1.71. The van der Waals surface area contributed by atoms with Gasteiger partial charge in [-0.1, -0.05) is 6.42 Å². The van der Waals surface area contributed by atoms with E-state index in [0.29, 0.717) is 0 Å². The van der Waals surface area contributed by atoms with Crippen molar-refractivity contribution in [2.45, 2.75) is 19.3 Å². The Balaban J connectivity index is 2.24. The van der Waals surface area contributed by atoms with E-state index >= 15 is 0 Å². The molecule has 1 atom stereocenters. The van der Waals surface area contributed by atoms with Crippen LogP contribution in [0.5, 0.6) is 0 Å². The van der Waals surface area contributed by atoms with Crippen LogP contribution in [0.4, 0.5) is 0 Å². The zero-order valence-corrected chi connectivity index (χ0v) is 7.87. The maximum Gasteiger partial charge on any atom is 0.206 e. The number of piperidine rings is 1. The van der Waals surface area contributed by atoms with Crippen LogP contribution in [0, 0.1) is 0 Å². The van der Waals surface area contributed by atoms with E-state index in [1.807, 2.05) is 0 Å². The average Bonchev–Trinajstić information content (AvgIpc) is 2.05. The summed E-state index contributed by atoms with van der Waals surface area (Å²) in [6.45, 7) is 2.23. The Hall–Kier alpha value is 0.640. The molecule has 0 aromatic heterocycles. The lowest BCUT2D eigenvalue weighted by atomic mass is 10.2. The van der Waals surface area contributed by atoms with Crippen molar-refractivity contribution in [2.24, 2.45) is 0 Å². The van der Waals surface area contributed by atoms with Crippen LogP contribution in [0.3, 0.4) is 0 Å². The summed E-state index contributed by atoms with van der Waals surface area (Å²) in [5, 5.41) is 0. The van der Waals surface area contributed by atoms with Gasteiger partial charge in [0.2, 0.25) is 7.65 Å². The highest BCUT2D eigenvalue weighted by Gasteiger charge is 2.17. The van der Waals surface area contributed by atoms with E-state index in [9.17, 15) is 0 Å². The Kier molecular flexibility index (Phi) is 3.93. The van der Waals surface area contributed by atoms with Gasteiger partial charge in [-0.3, -0.25) is 0 Å². The van der Waals surface area contributed by atoms with E-state index in [-0.39, 0.29) is 0 Å². The van der Waals surface area contributed by atoms with E-state index in [1.54, 1.807) is 7.11 Å². The molecule has 2 nitrogen and oxygen atoms in total. The van der Waals surface area contributed by atoms with Crippen LogP contribution in [0.15, 0.2) is 0 Å². The van der Waals surface area contributed by atoms with Gasteiger partial charge in [-0.25, -0.2) is 4.67 Å². The van der Waals surface area contributed by atoms with Gasteiger partial charge in [-0.15, -0.1) is 0 Å². The third-order valence-corrected chi connectivity index (χ3v) is 3.91. The maximum absolute atomic E-state index is 5.91. The van der Waals surface area contributed by atoms with Crippen molar-refractivity contribution < 1.29 is 4.52 Å². The highest BCUT2D eigenvalue weighted by molar-refractivity contribution is 7.78. The summed E-state index contributed by atoms with van der Waals surface area (Å²) in [5.74, 6) is 0. The largest absolute Gasteiger partial charge is 0.335 e. The van der Waals surface area contributed by atoms with E-state index < -0.39 is 7.65 Å². The average molecular weight is 182 g/mol. The summed E-state index contributed by atoms with van der Waals surface area (Å²) in [7, 11) is 0.883. The molecule has 0 aliphatic carbocycles. The summed E-state index contributed by atoms with van der Waals surface area (Å²) in [6, 6.07) is 0. The Labute approximate surface area is 68.2 Å². The Morgan fingerprint density at radius 1 is 1.30 bits per heavy atom. The predicted molar refractivity (Wildman–Crippen MR) is 45.2 cm³/mol. The highest BCUT2D eigenvalue weighted by Crippen LogP contribution is 2.46. The molecule has 0 radical (unpaired) electrons. The first-order chi connectivity index (χ1) is 4.84. The van der Waals surface area contributed by atoms with Crippen molar-refractivity contribution in [2.75, 3.05) is 20.2 Å². The van der Waals surface area contributed by atoms with Crippen LogP contribution in [-0.2, 0) is 4.52 Å². The lowest BCUT2D eigenvalue weighted by molar-refractivity contribution is 0.328. The van der Waals surface area contributed by atoms with Crippen LogP contribution in [-0.4, -0.2) is 24.9 Å². The Bertz CT molecular complexity index is 97.7. The Morgan fingerprint density at radius 2 is 1.90 bits per heavy atom. The van der Waals surface area contributed by atoms with E-state index in [4.69, 9.17) is 15.8 Å². The first kappa shape index (κ1) is 8.73. The van der Waals surface area contributed by atoms with Crippen LogP contribution < -0.4 is 0 Å². The second-order valence-electron chi connectivity index (χ2n) is 2.42. The molecule has 4 heteroatoms. The van der Waals surface area contributed by atoms with Gasteiger partial charge >= 0.3 is 0 Å². The highest BCUT2D eigenvalue weighted by atomic mass is 35.7. The van der Waals surface area contributed by atoms with Crippen molar-refractivity contribution in [3.63, 3.8) is 0 Å². The lowest BCUT2D eigenvalue weighted by Crippen LogP contribution is -2.23. The van der Waals surface area contributed by atoms with Crippen LogP contribution in [0.25, 0.3) is 0 Å². The van der Waals surface area contributed by atoms with Gasteiger partial charge < -0.3 is 4.52 Å². The fourth-order valence-electron chi connectivity index (χ4n) is 1.15. The molecule has 1 saturated heterocycles. The van der Waals surface area contributed by atoms with Crippen molar-refractivity contribution in [1.82, 2.24) is 4.67 Å². The zero-order chi connectivity index (χ0) is 7.40. The minimum Gasteiger partial charge on any atom is -0.335 e. The van der Waals surface area contributed by atoms with Crippen LogP contribution >= 0.6 is 18.9 Å². The van der Waals surface area contributed by atoms with E-state index in [0.717, 1.165) is 13.1 Å². The van der Waals surface area contributed by atoms with E-state index in [1.165, 1.54) is 19.3 Å². The van der Waals surface area contributed by atoms with Crippen molar-refractivity contribution in [3.8, 4) is 0 Å². The van der Waals surface area contributed by atoms with E-state index in [2.05, 4.69) is 4.67 Å². The fraction of sp³-hybridized carbons (Fsp3) is 1.00. The molecule has 1 aliphatic rings. The normalized spacial score (nSPS) is 24.6. The molecule has 0 aromatic rings. The molecule has 0 bridgehead atoms. The topological polar surface area (TPSA) is 12.5 Å². The maximum atomic E-state index is 5.91. The molecular weight excluding hydrogens is 168 g/mol. The smallest absolute Gasteiger partial charge is 0.206 e. The molecule has 0 amide bonds. The number of halogens is 1. The molecule has 0 N–H and O–H groups in total. The third kappa shape index (κ3) is 2.35. The number of hydrogen-bond donors (Lipinski definition) is 0. The fourth-order valence-corrected chi connectivity index (χ4v) is 2.43. The summed E-state index contributed by atoms with van der Waals surface area (Å²) >= 11 is 5.91. The molecule has 1 rings (SSSR count). The van der Waals surface area contributed by atoms with Crippen molar-refractivity contribution >= 4 is 18.9 Å². The molecule has 60 valence electrons. The molecule has 0 spiro atoms. The molecule has 1 fully saturated rings. The van der Waals surface area contributed by atoms with Crippen molar-refractivity contribution in [3.05, 3.63) is 0 Å². The minimum absolute atomic E-state index is 0.791. The Morgan fingerprint density at radius 3 is 2.40 bits per heavy atom. The molecule has 1 aliphatic heterocycles. The van der Waals surface area contributed by atoms with Gasteiger partial charge in [-0.2, -0.15) is 0 Å². The van der Waals surface area contributed by atoms with Gasteiger partial charge in [0.25, 0.3) is 0 Å². The molecule has 10 heavy (non-hydrogen) atoms. The first-order valence-electron chi connectivity index (χ1n) is 3.59. The van der Waals surface area contributed by atoms with Gasteiger partial charge in [-0.05, 0) is 24.1 Å². The molecule has 0 aromatic carbocycles. The summed E-state index contributed by atoms with van der Waals surface area (Å²) in [4.78, 5) is 0. The van der Waals surface area contributed by atoms with Crippen LogP contribution in [0.1, 0.15) is 19.3 Å². The second-order valence-corrected chi connectivity index (χ2v) is 4.67. The monoisotopic (exact) mass is 181 g/mol. The SMILES string of the molecule is COP(Cl)N1CCCCC1. The summed E-state index contributed by atoms with van der Waals surface area (Å²) < 4.78 is 7.27. The second kappa shape index (κ2) is 4.50. The summed E-state index contributed by atoms with van der Waals surface area (Å²) in [5.41, 5.74) is 0. The van der Waals surface area contributed by atoms with Gasteiger partial charge in [0.05, 0.1) is 0 Å². The number of rotatable bonds is 2. The molecular formula is C6H13ClNOP. The number of hydrogen-bond acceptors (Lipinski definition) is 2. The van der Waals surface area contributed by atoms with Gasteiger partial charge in [0, 0.05) is 20.2 Å². The lowest BCUT2D eigenvalue weighted by Gasteiger charge is -2.28. The number of nitrogens with zero attached hydrogens (tertiary/aromatic N) is 1. The first-order valence-corrected chi connectivity index (χ1v) is 5.71. The van der Waals surface area contributed by atoms with Gasteiger partial charge in [0.1, 0.15) is 0 Å². The van der Waals surface area contributed by atoms with Crippen molar-refractivity contribution in [1.29, 1.82) is 0 Å². The van der Waals surface area contributed by atoms with Gasteiger partial charge in [0.15, 0.2) is 0 Å². The molecule has 1 heterocycles. The zero-order valence-electron chi connectivity index (χ0n) is 6.22. The summed E-state index contributed by atoms with van der Waals surface area (Å²) in [6.07, 6.45) is 3.89. The molecule has 1 unspecified atom stereocenters. The standard InChI is InChI=1S/C6H13ClNOP/c1-9-10(7)8-5-3-2-4-6-8/h2-6H2,1H3. The quantitative estimate of drug-likeness (QED) is 0.608. The predicted octanol–water partition coefficient (Wildman–Crippen LogP) is 2.58. The van der Waals surface area contributed by atoms with Crippen LogP contribution in [0.2, 0.25) is 0 Å². The molecule has 0 saturated carbocycles. The minimum atomic E-state index is -0.791.